The van der Waals surface area contributed by atoms with Crippen molar-refractivity contribution in [2.75, 3.05) is 6.61 Å². The maximum absolute atomic E-state index is 9.65. The maximum atomic E-state index is 9.65. The van der Waals surface area contributed by atoms with Crippen molar-refractivity contribution in [3.8, 4) is 0 Å². The topological polar surface area (TPSA) is 110 Å². The molecular weight excluding hydrogens is 180 g/mol. The van der Waals surface area contributed by atoms with Gasteiger partial charge in [-0.2, -0.15) is 0 Å². The van der Waals surface area contributed by atoms with Gasteiger partial charge in [-0.05, 0) is 6.90 Å². The van der Waals surface area contributed by atoms with E-state index in [1.54, 1.807) is 0 Å². The molecule has 1 aliphatic rings. The Balaban J connectivity index is 2.89. The van der Waals surface area contributed by atoms with Crippen LogP contribution in [-0.2, 0) is 4.74 Å². The number of hydrogen-bond acceptors (Lipinski definition) is 6. The Morgan fingerprint density at radius 3 is 2.46 bits per heavy atom. The Morgan fingerprint density at radius 2 is 2.00 bits per heavy atom. The van der Waals surface area contributed by atoms with E-state index >= 15 is 0 Å². The van der Waals surface area contributed by atoms with Crippen LogP contribution in [0.3, 0.4) is 0 Å². The van der Waals surface area contributed by atoms with Crippen LogP contribution in [-0.4, -0.2) is 62.3 Å². The van der Waals surface area contributed by atoms with Crippen LogP contribution in [0.4, 0.5) is 0 Å². The van der Waals surface area contributed by atoms with E-state index in [2.05, 4.69) is 4.74 Å². The molecule has 0 amide bonds. The number of ether oxygens (including phenoxy) is 1. The summed E-state index contributed by atoms with van der Waals surface area (Å²) >= 11 is 0. The SMILES string of the molecule is [2H]C[C@@]1(O)[C@@H](O)C(O)O[C@H](CO)[C@@H]1O. The first-order valence-electron chi connectivity index (χ1n) is 4.50. The summed E-state index contributed by atoms with van der Waals surface area (Å²) in [7, 11) is 0. The van der Waals surface area contributed by atoms with Crippen molar-refractivity contribution in [1.82, 2.24) is 0 Å². The molecule has 0 bridgehead atoms. The zero-order chi connectivity index (χ0) is 10.9. The van der Waals surface area contributed by atoms with Gasteiger partial charge in [0.25, 0.3) is 0 Å². The van der Waals surface area contributed by atoms with Gasteiger partial charge in [0.05, 0.1) is 6.61 Å². The predicted octanol–water partition coefficient (Wildman–Crippen LogP) is -2.83. The van der Waals surface area contributed by atoms with Gasteiger partial charge < -0.3 is 30.3 Å². The zero-order valence-corrected chi connectivity index (χ0v) is 6.87. The molecule has 0 spiro atoms. The fraction of sp³-hybridized carbons (Fsp3) is 1.00. The third-order valence-corrected chi connectivity index (χ3v) is 2.14. The lowest BCUT2D eigenvalue weighted by Gasteiger charge is -2.44. The average Bonchev–Trinajstić information content (AvgIpc) is 2.20. The second-order valence-corrected chi connectivity index (χ2v) is 3.13. The quantitative estimate of drug-likeness (QED) is 0.308. The second-order valence-electron chi connectivity index (χ2n) is 3.13. The van der Waals surface area contributed by atoms with Crippen molar-refractivity contribution in [2.45, 2.75) is 37.1 Å². The first-order valence-corrected chi connectivity index (χ1v) is 3.79. The lowest BCUT2D eigenvalue weighted by molar-refractivity contribution is -0.316. The molecular formula is C7H14O6. The fourth-order valence-corrected chi connectivity index (χ4v) is 1.21. The van der Waals surface area contributed by atoms with E-state index in [1.807, 2.05) is 0 Å². The summed E-state index contributed by atoms with van der Waals surface area (Å²) in [5.41, 5.74) is -2.18. The summed E-state index contributed by atoms with van der Waals surface area (Å²) in [6.07, 6.45) is -6.30. The van der Waals surface area contributed by atoms with Crippen molar-refractivity contribution >= 4 is 0 Å². The number of rotatable bonds is 1. The molecule has 0 saturated carbocycles. The van der Waals surface area contributed by atoms with Crippen molar-refractivity contribution in [1.29, 1.82) is 0 Å². The van der Waals surface area contributed by atoms with Crippen molar-refractivity contribution < 1.29 is 31.6 Å². The lowest BCUT2D eigenvalue weighted by Crippen LogP contribution is -2.65. The maximum Gasteiger partial charge on any atom is 0.184 e. The predicted molar refractivity (Wildman–Crippen MR) is 40.6 cm³/mol. The van der Waals surface area contributed by atoms with E-state index in [1.165, 1.54) is 0 Å². The summed E-state index contributed by atoms with van der Waals surface area (Å²) < 4.78 is 11.6. The molecule has 1 rings (SSSR count). The van der Waals surface area contributed by atoms with E-state index in [0.29, 0.717) is 0 Å². The first kappa shape index (κ1) is 9.32. The Kier molecular flexibility index (Phi) is 2.50. The first-order chi connectivity index (χ1) is 6.47. The average molecular weight is 195 g/mol. The monoisotopic (exact) mass is 195 g/mol. The molecule has 0 radical (unpaired) electrons. The fourth-order valence-electron chi connectivity index (χ4n) is 1.21. The van der Waals surface area contributed by atoms with Crippen molar-refractivity contribution in [2.24, 2.45) is 0 Å². The lowest BCUT2D eigenvalue weighted by atomic mass is 9.86. The molecule has 1 aliphatic heterocycles. The van der Waals surface area contributed by atoms with Gasteiger partial charge in [-0.1, -0.05) is 0 Å². The number of aliphatic hydroxyl groups excluding tert-OH is 4. The molecule has 78 valence electrons. The van der Waals surface area contributed by atoms with Crippen LogP contribution in [0.2, 0.25) is 0 Å². The molecule has 5 N–H and O–H groups in total. The van der Waals surface area contributed by atoms with E-state index in [0.717, 1.165) is 0 Å². The van der Waals surface area contributed by atoms with Crippen LogP contribution in [0.1, 0.15) is 8.27 Å². The van der Waals surface area contributed by atoms with E-state index < -0.39 is 43.7 Å². The highest BCUT2D eigenvalue weighted by molar-refractivity contribution is 4.98. The summed E-state index contributed by atoms with van der Waals surface area (Å²) in [6.45, 7) is -1.32. The standard InChI is InChI=1S/C7H14O6/c1-7(12)4(9)3(2-8)13-6(11)5(7)10/h3-6,8-12H,2H2,1H3/t3-,4+,5+,6?,7+/m1/s1/i1D. The second kappa shape index (κ2) is 3.49. The van der Waals surface area contributed by atoms with Crippen LogP contribution >= 0.6 is 0 Å². The Hall–Kier alpha value is -0.240. The van der Waals surface area contributed by atoms with Gasteiger partial charge in [0.2, 0.25) is 0 Å². The largest absolute Gasteiger partial charge is 0.394 e. The molecule has 0 aromatic heterocycles. The highest BCUT2D eigenvalue weighted by Gasteiger charge is 2.51. The van der Waals surface area contributed by atoms with Gasteiger partial charge in [0.1, 0.15) is 23.9 Å². The van der Waals surface area contributed by atoms with Crippen molar-refractivity contribution in [3.63, 3.8) is 0 Å². The molecule has 0 aliphatic carbocycles. The molecule has 1 saturated heterocycles. The van der Waals surface area contributed by atoms with Gasteiger partial charge in [0, 0.05) is 1.37 Å². The van der Waals surface area contributed by atoms with Crippen molar-refractivity contribution in [3.05, 3.63) is 0 Å². The zero-order valence-electron chi connectivity index (χ0n) is 7.87. The molecule has 0 aromatic rings. The molecule has 1 fully saturated rings. The van der Waals surface area contributed by atoms with E-state index in [4.69, 9.17) is 11.6 Å². The minimum Gasteiger partial charge on any atom is -0.394 e. The van der Waals surface area contributed by atoms with Gasteiger partial charge in [-0.15, -0.1) is 0 Å². The summed E-state index contributed by atoms with van der Waals surface area (Å²) in [4.78, 5) is 0. The molecule has 1 unspecified atom stereocenters. The normalized spacial score (nSPS) is 53.2. The van der Waals surface area contributed by atoms with E-state index in [-0.39, 0.29) is 0 Å². The number of aliphatic hydroxyl groups is 5. The molecule has 6 heteroatoms. The third kappa shape index (κ3) is 1.69. The Labute approximate surface area is 76.4 Å². The molecule has 1 heterocycles. The molecule has 6 nitrogen and oxygen atoms in total. The Bertz CT molecular complexity index is 203. The third-order valence-electron chi connectivity index (χ3n) is 2.14. The van der Waals surface area contributed by atoms with Crippen LogP contribution in [0.25, 0.3) is 0 Å². The minimum atomic E-state index is -2.18. The van der Waals surface area contributed by atoms with Crippen LogP contribution < -0.4 is 0 Å². The van der Waals surface area contributed by atoms with Crippen LogP contribution in [0.5, 0.6) is 0 Å². The minimum absolute atomic E-state index is 0.618. The van der Waals surface area contributed by atoms with Gasteiger partial charge in [-0.25, -0.2) is 0 Å². The molecule has 5 atom stereocenters. The summed E-state index contributed by atoms with van der Waals surface area (Å²) in [5, 5.41) is 46.3. The number of hydrogen-bond donors (Lipinski definition) is 5. The smallest absolute Gasteiger partial charge is 0.184 e. The Morgan fingerprint density at radius 1 is 1.38 bits per heavy atom. The van der Waals surface area contributed by atoms with Gasteiger partial charge in [-0.3, -0.25) is 0 Å². The van der Waals surface area contributed by atoms with Crippen LogP contribution in [0, 0.1) is 0 Å². The summed E-state index contributed by atoms with van der Waals surface area (Å²) in [5.74, 6) is 0. The molecule has 13 heavy (non-hydrogen) atoms. The van der Waals surface area contributed by atoms with Gasteiger partial charge >= 0.3 is 0 Å². The van der Waals surface area contributed by atoms with Gasteiger partial charge in [0.15, 0.2) is 6.29 Å². The highest BCUT2D eigenvalue weighted by Crippen LogP contribution is 2.28. The van der Waals surface area contributed by atoms with Crippen LogP contribution in [0.15, 0.2) is 0 Å². The molecule has 0 aromatic carbocycles. The highest BCUT2D eigenvalue weighted by atomic mass is 16.6. The summed E-state index contributed by atoms with van der Waals surface area (Å²) in [6, 6.07) is 0. The van der Waals surface area contributed by atoms with E-state index in [9.17, 15) is 15.3 Å².